The van der Waals surface area contributed by atoms with Crippen molar-refractivity contribution in [2.75, 3.05) is 11.9 Å². The number of carbonyl (C=O) groups is 2. The van der Waals surface area contributed by atoms with E-state index < -0.39 is 18.5 Å². The van der Waals surface area contributed by atoms with Gasteiger partial charge < -0.3 is 10.1 Å². The fourth-order valence-corrected chi connectivity index (χ4v) is 2.73. The van der Waals surface area contributed by atoms with E-state index in [9.17, 15) is 14.0 Å². The molecule has 0 unspecified atom stereocenters. The molecule has 0 aliphatic heterocycles. The van der Waals surface area contributed by atoms with Gasteiger partial charge >= 0.3 is 5.97 Å². The van der Waals surface area contributed by atoms with E-state index in [0.29, 0.717) is 22.8 Å². The monoisotopic (exact) mass is 381 g/mol. The molecule has 0 fully saturated rings. The summed E-state index contributed by atoms with van der Waals surface area (Å²) in [7, 11) is 0. The average Bonchev–Trinajstić information content (AvgIpc) is 3.02. The van der Waals surface area contributed by atoms with Crippen LogP contribution in [-0.2, 0) is 9.53 Å². The minimum Gasteiger partial charge on any atom is -0.452 e. The molecule has 0 radical (unpaired) electrons. The van der Waals surface area contributed by atoms with E-state index in [1.165, 1.54) is 16.8 Å². The Morgan fingerprint density at radius 1 is 1.11 bits per heavy atom. The van der Waals surface area contributed by atoms with Gasteiger partial charge in [-0.25, -0.2) is 13.9 Å². The summed E-state index contributed by atoms with van der Waals surface area (Å²) in [5.74, 6) is -1.02. The lowest BCUT2D eigenvalue weighted by molar-refractivity contribution is -0.119. The zero-order valence-corrected chi connectivity index (χ0v) is 15.8. The molecule has 7 heteroatoms. The van der Waals surface area contributed by atoms with Gasteiger partial charge in [0, 0.05) is 6.07 Å². The molecule has 1 heterocycles. The van der Waals surface area contributed by atoms with Gasteiger partial charge in [-0.1, -0.05) is 12.1 Å². The Balaban J connectivity index is 1.68. The van der Waals surface area contributed by atoms with Crippen LogP contribution in [0.4, 0.5) is 10.2 Å². The summed E-state index contributed by atoms with van der Waals surface area (Å²) in [6.07, 6.45) is 0. The smallest absolute Gasteiger partial charge is 0.338 e. The topological polar surface area (TPSA) is 73.2 Å². The maximum atomic E-state index is 13.1. The SMILES string of the molecule is Cc1cc(NC(=O)COC(=O)c2cccc(C)c2C)n(-c2ccc(F)cc2)n1. The van der Waals surface area contributed by atoms with E-state index in [0.717, 1.165) is 11.1 Å². The molecule has 0 aliphatic carbocycles. The third-order valence-electron chi connectivity index (χ3n) is 4.33. The molecule has 3 rings (SSSR count). The molecule has 1 amide bonds. The molecule has 6 nitrogen and oxygen atoms in total. The van der Waals surface area contributed by atoms with Crippen LogP contribution in [0.5, 0.6) is 0 Å². The Hall–Kier alpha value is -3.48. The number of nitrogens with one attached hydrogen (secondary N) is 1. The Bertz CT molecular complexity index is 1030. The first-order valence-electron chi connectivity index (χ1n) is 8.71. The molecule has 3 aromatic rings. The van der Waals surface area contributed by atoms with Crippen molar-refractivity contribution in [3.63, 3.8) is 0 Å². The van der Waals surface area contributed by atoms with E-state index >= 15 is 0 Å². The van der Waals surface area contributed by atoms with Gasteiger partial charge in [-0.15, -0.1) is 0 Å². The van der Waals surface area contributed by atoms with Gasteiger partial charge in [0.25, 0.3) is 5.91 Å². The third-order valence-corrected chi connectivity index (χ3v) is 4.33. The molecule has 1 aromatic heterocycles. The number of ether oxygens (including phenoxy) is 1. The van der Waals surface area contributed by atoms with Gasteiger partial charge in [0.1, 0.15) is 11.6 Å². The van der Waals surface area contributed by atoms with Crippen molar-refractivity contribution in [2.24, 2.45) is 0 Å². The largest absolute Gasteiger partial charge is 0.452 e. The van der Waals surface area contributed by atoms with Crippen LogP contribution in [0.1, 0.15) is 27.2 Å². The number of esters is 1. The van der Waals surface area contributed by atoms with Crippen molar-refractivity contribution in [1.29, 1.82) is 0 Å². The number of benzene rings is 2. The molecule has 28 heavy (non-hydrogen) atoms. The number of aromatic nitrogens is 2. The van der Waals surface area contributed by atoms with E-state index in [4.69, 9.17) is 4.74 Å². The van der Waals surface area contributed by atoms with E-state index in [1.807, 2.05) is 19.9 Å². The second-order valence-electron chi connectivity index (χ2n) is 6.43. The first-order chi connectivity index (χ1) is 13.3. The van der Waals surface area contributed by atoms with Crippen molar-refractivity contribution >= 4 is 17.7 Å². The van der Waals surface area contributed by atoms with Crippen LogP contribution in [0.2, 0.25) is 0 Å². The summed E-state index contributed by atoms with van der Waals surface area (Å²) in [4.78, 5) is 24.5. The van der Waals surface area contributed by atoms with Crippen LogP contribution in [0.3, 0.4) is 0 Å². The first-order valence-corrected chi connectivity index (χ1v) is 8.71. The Labute approximate surface area is 161 Å². The van der Waals surface area contributed by atoms with Gasteiger partial charge in [-0.3, -0.25) is 4.79 Å². The molecule has 0 bridgehead atoms. The highest BCUT2D eigenvalue weighted by Crippen LogP contribution is 2.18. The molecule has 0 aliphatic rings. The zero-order chi connectivity index (χ0) is 20.3. The highest BCUT2D eigenvalue weighted by Gasteiger charge is 2.15. The predicted molar refractivity (Wildman–Crippen MR) is 103 cm³/mol. The van der Waals surface area contributed by atoms with Crippen LogP contribution in [0, 0.1) is 26.6 Å². The Morgan fingerprint density at radius 3 is 2.54 bits per heavy atom. The van der Waals surface area contributed by atoms with Crippen LogP contribution in [-0.4, -0.2) is 28.3 Å². The number of hydrogen-bond donors (Lipinski definition) is 1. The van der Waals surface area contributed by atoms with Crippen LogP contribution in [0.25, 0.3) is 5.69 Å². The van der Waals surface area contributed by atoms with Crippen LogP contribution in [0.15, 0.2) is 48.5 Å². The second-order valence-corrected chi connectivity index (χ2v) is 6.43. The zero-order valence-electron chi connectivity index (χ0n) is 15.8. The fourth-order valence-electron chi connectivity index (χ4n) is 2.73. The average molecular weight is 381 g/mol. The van der Waals surface area contributed by atoms with Crippen LogP contribution >= 0.6 is 0 Å². The van der Waals surface area contributed by atoms with E-state index in [-0.39, 0.29) is 5.82 Å². The van der Waals surface area contributed by atoms with Gasteiger partial charge in [-0.05, 0) is 62.2 Å². The Kier molecular flexibility index (Phi) is 5.54. The minimum absolute atomic E-state index is 0.364. The van der Waals surface area contributed by atoms with Crippen molar-refractivity contribution in [1.82, 2.24) is 9.78 Å². The predicted octanol–water partition coefficient (Wildman–Crippen LogP) is 3.73. The van der Waals surface area contributed by atoms with Crippen LogP contribution < -0.4 is 5.32 Å². The number of aryl methyl sites for hydroxylation is 2. The van der Waals surface area contributed by atoms with Crippen molar-refractivity contribution in [2.45, 2.75) is 20.8 Å². The van der Waals surface area contributed by atoms with Crippen molar-refractivity contribution in [3.05, 3.63) is 76.7 Å². The highest BCUT2D eigenvalue weighted by atomic mass is 19.1. The van der Waals surface area contributed by atoms with Gasteiger partial charge in [0.05, 0.1) is 16.9 Å². The standard InChI is InChI=1S/C21H20FN3O3/c1-13-5-4-6-18(15(13)3)21(27)28-12-20(26)23-19-11-14(2)24-25(19)17-9-7-16(22)8-10-17/h4-11H,12H2,1-3H3,(H,23,26). The molecule has 0 saturated carbocycles. The summed E-state index contributed by atoms with van der Waals surface area (Å²) in [6.45, 7) is 5.07. The van der Waals surface area contributed by atoms with Gasteiger partial charge in [0.15, 0.2) is 6.61 Å². The molecule has 0 saturated heterocycles. The number of amides is 1. The van der Waals surface area contributed by atoms with E-state index in [2.05, 4.69) is 10.4 Å². The first kappa shape index (κ1) is 19.3. The number of nitrogens with zero attached hydrogens (tertiary/aromatic N) is 2. The lowest BCUT2D eigenvalue weighted by Gasteiger charge is -2.10. The van der Waals surface area contributed by atoms with E-state index in [1.54, 1.807) is 37.3 Å². The minimum atomic E-state index is -0.556. The van der Waals surface area contributed by atoms with Gasteiger partial charge in [-0.2, -0.15) is 5.10 Å². The Morgan fingerprint density at radius 2 is 1.82 bits per heavy atom. The maximum Gasteiger partial charge on any atom is 0.338 e. The number of rotatable bonds is 5. The summed E-state index contributed by atoms with van der Waals surface area (Å²) in [6, 6.07) is 12.7. The lowest BCUT2D eigenvalue weighted by Crippen LogP contribution is -2.22. The number of anilines is 1. The summed E-state index contributed by atoms with van der Waals surface area (Å²) in [5.41, 5.74) is 3.49. The van der Waals surface area contributed by atoms with Crippen molar-refractivity contribution in [3.8, 4) is 5.69 Å². The normalized spacial score (nSPS) is 10.6. The highest BCUT2D eigenvalue weighted by molar-refractivity contribution is 5.96. The molecule has 144 valence electrons. The molecular weight excluding hydrogens is 361 g/mol. The summed E-state index contributed by atoms with van der Waals surface area (Å²) >= 11 is 0. The molecule has 1 N–H and O–H groups in total. The number of hydrogen-bond acceptors (Lipinski definition) is 4. The fraction of sp³-hybridized carbons (Fsp3) is 0.190. The molecule has 0 spiro atoms. The van der Waals surface area contributed by atoms with Gasteiger partial charge in [0.2, 0.25) is 0 Å². The van der Waals surface area contributed by atoms with Crippen molar-refractivity contribution < 1.29 is 18.7 Å². The lowest BCUT2D eigenvalue weighted by atomic mass is 10.0. The molecular formula is C21H20FN3O3. The summed E-state index contributed by atoms with van der Waals surface area (Å²) < 4.78 is 19.8. The molecule has 2 aromatic carbocycles. The third kappa shape index (κ3) is 4.25. The number of halogens is 1. The maximum absolute atomic E-state index is 13.1. The quantitative estimate of drug-likeness (QED) is 0.684. The second kappa shape index (κ2) is 8.04. The molecule has 0 atom stereocenters. The number of carbonyl (C=O) groups excluding carboxylic acids is 2. The summed E-state index contributed by atoms with van der Waals surface area (Å²) in [5, 5.41) is 6.97.